The third-order valence-electron chi connectivity index (χ3n) is 4.37. The molecule has 0 aliphatic heterocycles. The molecule has 1 N–H and O–H groups in total. The van der Waals surface area contributed by atoms with Gasteiger partial charge in [0.1, 0.15) is 0 Å². The van der Waals surface area contributed by atoms with Gasteiger partial charge in [0, 0.05) is 12.1 Å². The smallest absolute Gasteiger partial charge is 0.0294 e. The highest BCUT2D eigenvalue weighted by molar-refractivity contribution is 5.31. The van der Waals surface area contributed by atoms with Crippen LogP contribution in [0.1, 0.15) is 41.6 Å². The first kappa shape index (κ1) is 13.4. The third kappa shape index (κ3) is 2.94. The van der Waals surface area contributed by atoms with Crippen molar-refractivity contribution in [3.8, 4) is 0 Å². The maximum absolute atomic E-state index is 3.80. The van der Waals surface area contributed by atoms with Gasteiger partial charge in [0.15, 0.2) is 0 Å². The van der Waals surface area contributed by atoms with Gasteiger partial charge in [-0.05, 0) is 49.8 Å². The Morgan fingerprint density at radius 2 is 1.85 bits per heavy atom. The normalized spacial score (nSPS) is 19.4. The molecule has 0 fully saturated rings. The second-order valence-corrected chi connectivity index (χ2v) is 6.01. The Morgan fingerprint density at radius 3 is 2.65 bits per heavy atom. The SMILES string of the molecule is Cc1cccc([C@@H](C)NC2CCc3ccccc3C2)c1. The summed E-state index contributed by atoms with van der Waals surface area (Å²) in [5.74, 6) is 0. The standard InChI is InChI=1S/C19H23N/c1-14-6-5-9-17(12-14)15(2)20-19-11-10-16-7-3-4-8-18(16)13-19/h3-9,12,15,19-20H,10-11,13H2,1-2H3/t15-,19?/m1/s1. The minimum absolute atomic E-state index is 0.421. The van der Waals surface area contributed by atoms with Crippen molar-refractivity contribution < 1.29 is 0 Å². The average molecular weight is 265 g/mol. The number of benzene rings is 2. The van der Waals surface area contributed by atoms with Gasteiger partial charge in [-0.1, -0.05) is 54.1 Å². The molecule has 1 nitrogen and oxygen atoms in total. The molecule has 1 heteroatoms. The van der Waals surface area contributed by atoms with E-state index < -0.39 is 0 Å². The van der Waals surface area contributed by atoms with Crippen LogP contribution in [0.4, 0.5) is 0 Å². The highest BCUT2D eigenvalue weighted by Gasteiger charge is 2.19. The molecule has 104 valence electrons. The van der Waals surface area contributed by atoms with Gasteiger partial charge >= 0.3 is 0 Å². The third-order valence-corrected chi connectivity index (χ3v) is 4.37. The van der Waals surface area contributed by atoms with E-state index in [1.165, 1.54) is 35.1 Å². The van der Waals surface area contributed by atoms with Crippen LogP contribution in [-0.2, 0) is 12.8 Å². The summed E-state index contributed by atoms with van der Waals surface area (Å²) < 4.78 is 0. The van der Waals surface area contributed by atoms with E-state index in [-0.39, 0.29) is 0 Å². The van der Waals surface area contributed by atoms with E-state index in [2.05, 4.69) is 67.7 Å². The van der Waals surface area contributed by atoms with Crippen LogP contribution >= 0.6 is 0 Å². The molecule has 20 heavy (non-hydrogen) atoms. The molecule has 0 saturated heterocycles. The number of nitrogens with one attached hydrogen (secondary N) is 1. The molecule has 3 rings (SSSR count). The van der Waals surface area contributed by atoms with Gasteiger partial charge < -0.3 is 5.32 Å². The lowest BCUT2D eigenvalue weighted by Gasteiger charge is -2.28. The van der Waals surface area contributed by atoms with Crippen LogP contribution in [0.5, 0.6) is 0 Å². The molecular formula is C19H23N. The Bertz CT molecular complexity index is 588. The van der Waals surface area contributed by atoms with Gasteiger partial charge in [0.2, 0.25) is 0 Å². The fraction of sp³-hybridized carbons (Fsp3) is 0.368. The van der Waals surface area contributed by atoms with Crippen molar-refractivity contribution >= 4 is 0 Å². The van der Waals surface area contributed by atoms with Crippen LogP contribution in [0.2, 0.25) is 0 Å². The first-order valence-corrected chi connectivity index (χ1v) is 7.62. The van der Waals surface area contributed by atoms with Crippen LogP contribution in [0.25, 0.3) is 0 Å². The second kappa shape index (κ2) is 5.80. The molecule has 0 spiro atoms. The van der Waals surface area contributed by atoms with E-state index in [9.17, 15) is 0 Å². The van der Waals surface area contributed by atoms with Gasteiger partial charge in [-0.25, -0.2) is 0 Å². The molecule has 0 radical (unpaired) electrons. The van der Waals surface area contributed by atoms with Crippen LogP contribution < -0.4 is 5.32 Å². The fourth-order valence-corrected chi connectivity index (χ4v) is 3.23. The quantitative estimate of drug-likeness (QED) is 0.877. The number of hydrogen-bond acceptors (Lipinski definition) is 1. The maximum Gasteiger partial charge on any atom is 0.0294 e. The van der Waals surface area contributed by atoms with Gasteiger partial charge in [-0.2, -0.15) is 0 Å². The largest absolute Gasteiger partial charge is 0.307 e. The number of rotatable bonds is 3. The van der Waals surface area contributed by atoms with Crippen molar-refractivity contribution in [1.82, 2.24) is 5.32 Å². The molecule has 0 aromatic heterocycles. The number of fused-ring (bicyclic) bond motifs is 1. The molecular weight excluding hydrogens is 242 g/mol. The minimum Gasteiger partial charge on any atom is -0.307 e. The van der Waals surface area contributed by atoms with Gasteiger partial charge in [-0.3, -0.25) is 0 Å². The molecule has 1 unspecified atom stereocenters. The Morgan fingerprint density at radius 1 is 1.05 bits per heavy atom. The summed E-state index contributed by atoms with van der Waals surface area (Å²) in [4.78, 5) is 0. The van der Waals surface area contributed by atoms with E-state index in [0.717, 1.165) is 6.42 Å². The van der Waals surface area contributed by atoms with E-state index in [1.54, 1.807) is 0 Å². The van der Waals surface area contributed by atoms with Crippen LogP contribution in [0, 0.1) is 6.92 Å². The lowest BCUT2D eigenvalue weighted by atomic mass is 9.88. The maximum atomic E-state index is 3.80. The van der Waals surface area contributed by atoms with Crippen LogP contribution in [0.3, 0.4) is 0 Å². The second-order valence-electron chi connectivity index (χ2n) is 6.01. The van der Waals surface area contributed by atoms with Crippen LogP contribution in [0.15, 0.2) is 48.5 Å². The van der Waals surface area contributed by atoms with Crippen LogP contribution in [-0.4, -0.2) is 6.04 Å². The zero-order valence-corrected chi connectivity index (χ0v) is 12.4. The van der Waals surface area contributed by atoms with Gasteiger partial charge in [0.25, 0.3) is 0 Å². The molecule has 2 aromatic rings. The van der Waals surface area contributed by atoms with E-state index in [1.807, 2.05) is 0 Å². The Hall–Kier alpha value is -1.60. The Labute approximate surface area is 122 Å². The molecule has 2 atom stereocenters. The molecule has 0 heterocycles. The molecule has 0 bridgehead atoms. The highest BCUT2D eigenvalue weighted by Crippen LogP contribution is 2.23. The van der Waals surface area contributed by atoms with Crippen molar-refractivity contribution in [2.24, 2.45) is 0 Å². The van der Waals surface area contributed by atoms with Crippen molar-refractivity contribution in [2.75, 3.05) is 0 Å². The predicted molar refractivity (Wildman–Crippen MR) is 85.0 cm³/mol. The zero-order valence-electron chi connectivity index (χ0n) is 12.4. The van der Waals surface area contributed by atoms with Gasteiger partial charge in [0.05, 0.1) is 0 Å². The zero-order chi connectivity index (χ0) is 13.9. The average Bonchev–Trinajstić information content (AvgIpc) is 2.47. The summed E-state index contributed by atoms with van der Waals surface area (Å²) in [6, 6.07) is 18.7. The predicted octanol–water partition coefficient (Wildman–Crippen LogP) is 4.20. The summed E-state index contributed by atoms with van der Waals surface area (Å²) in [5.41, 5.74) is 5.79. The summed E-state index contributed by atoms with van der Waals surface area (Å²) >= 11 is 0. The molecule has 0 saturated carbocycles. The van der Waals surface area contributed by atoms with E-state index in [4.69, 9.17) is 0 Å². The Balaban J connectivity index is 1.67. The summed E-state index contributed by atoms with van der Waals surface area (Å²) in [5, 5.41) is 3.80. The Kier molecular flexibility index (Phi) is 3.88. The van der Waals surface area contributed by atoms with E-state index >= 15 is 0 Å². The lowest BCUT2D eigenvalue weighted by molar-refractivity contribution is 0.413. The topological polar surface area (TPSA) is 12.0 Å². The van der Waals surface area contributed by atoms with Gasteiger partial charge in [-0.15, -0.1) is 0 Å². The summed E-state index contributed by atoms with van der Waals surface area (Å²) in [7, 11) is 0. The lowest BCUT2D eigenvalue weighted by Crippen LogP contribution is -2.36. The summed E-state index contributed by atoms with van der Waals surface area (Å²) in [6.45, 7) is 4.43. The fourth-order valence-electron chi connectivity index (χ4n) is 3.23. The first-order valence-electron chi connectivity index (χ1n) is 7.62. The molecule has 1 aliphatic rings. The van der Waals surface area contributed by atoms with Crippen molar-refractivity contribution in [3.63, 3.8) is 0 Å². The number of hydrogen-bond donors (Lipinski definition) is 1. The summed E-state index contributed by atoms with van der Waals surface area (Å²) in [6.07, 6.45) is 3.61. The monoisotopic (exact) mass is 265 g/mol. The minimum atomic E-state index is 0.421. The first-order chi connectivity index (χ1) is 9.72. The molecule has 1 aliphatic carbocycles. The molecule has 2 aromatic carbocycles. The van der Waals surface area contributed by atoms with Crippen molar-refractivity contribution in [3.05, 3.63) is 70.8 Å². The van der Waals surface area contributed by atoms with E-state index in [0.29, 0.717) is 12.1 Å². The number of aryl methyl sites for hydroxylation is 2. The highest BCUT2D eigenvalue weighted by atomic mass is 14.9. The van der Waals surface area contributed by atoms with Crippen molar-refractivity contribution in [2.45, 2.75) is 45.2 Å². The molecule has 0 amide bonds. The van der Waals surface area contributed by atoms with Crippen molar-refractivity contribution in [1.29, 1.82) is 0 Å².